The van der Waals surface area contributed by atoms with Gasteiger partial charge in [0.15, 0.2) is 0 Å². The van der Waals surface area contributed by atoms with Gasteiger partial charge in [0.2, 0.25) is 5.91 Å². The highest BCUT2D eigenvalue weighted by atomic mass is 16.5. The Bertz CT molecular complexity index is 335. The molecule has 1 aliphatic carbocycles. The number of aliphatic carboxylic acids is 1. The Hall–Kier alpha value is -1.10. The third-order valence-corrected chi connectivity index (χ3v) is 4.51. The lowest BCUT2D eigenvalue weighted by Gasteiger charge is -2.14. The topological polar surface area (TPSA) is 75.6 Å². The number of hydrogen-bond donors (Lipinski definition) is 2. The monoisotopic (exact) mass is 257 g/mol. The van der Waals surface area contributed by atoms with Crippen LogP contribution < -0.4 is 5.32 Å². The van der Waals surface area contributed by atoms with Gasteiger partial charge in [0, 0.05) is 26.1 Å². The standard InChI is InChI=1S/C13H23NO4/c1-12(2)9(13(12,3)4)10(15)14-8(11(16)17)6-7-18-5/h8-9H,6-7H2,1-5H3,(H,14,15)(H,16,17)/t8-/m1/s1. The Morgan fingerprint density at radius 2 is 1.78 bits per heavy atom. The zero-order chi connectivity index (χ0) is 14.1. The van der Waals surface area contributed by atoms with Crippen molar-refractivity contribution >= 4 is 11.9 Å². The molecule has 104 valence electrons. The van der Waals surface area contributed by atoms with Crippen molar-refractivity contribution in [1.29, 1.82) is 0 Å². The van der Waals surface area contributed by atoms with Crippen LogP contribution in [0.15, 0.2) is 0 Å². The SMILES string of the molecule is COCC[C@@H](NC(=O)C1C(C)(C)C1(C)C)C(=O)O. The number of ether oxygens (including phenoxy) is 1. The molecule has 18 heavy (non-hydrogen) atoms. The number of hydrogen-bond acceptors (Lipinski definition) is 3. The normalized spacial score (nSPS) is 22.3. The van der Waals surface area contributed by atoms with Crippen LogP contribution in [0.4, 0.5) is 0 Å². The maximum Gasteiger partial charge on any atom is 0.326 e. The van der Waals surface area contributed by atoms with Crippen molar-refractivity contribution in [1.82, 2.24) is 5.32 Å². The van der Waals surface area contributed by atoms with E-state index in [0.29, 0.717) is 6.61 Å². The van der Waals surface area contributed by atoms with Gasteiger partial charge in [-0.2, -0.15) is 0 Å². The van der Waals surface area contributed by atoms with E-state index in [4.69, 9.17) is 9.84 Å². The Labute approximate surface area is 108 Å². The molecule has 0 aromatic heterocycles. The molecule has 5 nitrogen and oxygen atoms in total. The van der Waals surface area contributed by atoms with Gasteiger partial charge >= 0.3 is 5.97 Å². The number of carbonyl (C=O) groups excluding carboxylic acids is 1. The first-order valence-corrected chi connectivity index (χ1v) is 6.18. The number of carbonyl (C=O) groups is 2. The molecule has 0 aliphatic heterocycles. The fraction of sp³-hybridized carbons (Fsp3) is 0.846. The molecule has 2 N–H and O–H groups in total. The van der Waals surface area contributed by atoms with E-state index in [1.165, 1.54) is 7.11 Å². The van der Waals surface area contributed by atoms with E-state index in [9.17, 15) is 9.59 Å². The van der Waals surface area contributed by atoms with E-state index in [-0.39, 0.29) is 29.1 Å². The molecular weight excluding hydrogens is 234 g/mol. The third-order valence-electron chi connectivity index (χ3n) is 4.51. The predicted molar refractivity (Wildman–Crippen MR) is 67.1 cm³/mol. The van der Waals surface area contributed by atoms with Gasteiger partial charge < -0.3 is 15.2 Å². The fourth-order valence-electron chi connectivity index (χ4n) is 2.60. The first-order valence-electron chi connectivity index (χ1n) is 6.18. The maximum absolute atomic E-state index is 12.1. The predicted octanol–water partition coefficient (Wildman–Crippen LogP) is 1.27. The summed E-state index contributed by atoms with van der Waals surface area (Å²) in [4.78, 5) is 23.1. The molecule has 0 spiro atoms. The first-order chi connectivity index (χ1) is 8.16. The lowest BCUT2D eigenvalue weighted by molar-refractivity contribution is -0.142. The summed E-state index contributed by atoms with van der Waals surface area (Å²) in [5.41, 5.74) is -0.164. The highest BCUT2D eigenvalue weighted by molar-refractivity contribution is 5.88. The number of rotatable bonds is 6. The molecule has 1 fully saturated rings. The highest BCUT2D eigenvalue weighted by Crippen LogP contribution is 2.68. The minimum atomic E-state index is -1.02. The summed E-state index contributed by atoms with van der Waals surface area (Å²) in [7, 11) is 1.51. The van der Waals surface area contributed by atoms with E-state index in [1.54, 1.807) is 0 Å². The van der Waals surface area contributed by atoms with Crippen molar-refractivity contribution in [3.8, 4) is 0 Å². The van der Waals surface area contributed by atoms with Gasteiger partial charge in [0.25, 0.3) is 0 Å². The van der Waals surface area contributed by atoms with Crippen LogP contribution in [0.2, 0.25) is 0 Å². The molecule has 0 unspecified atom stereocenters. The van der Waals surface area contributed by atoms with Crippen molar-refractivity contribution in [2.45, 2.75) is 40.2 Å². The molecule has 0 saturated heterocycles. The van der Waals surface area contributed by atoms with E-state index >= 15 is 0 Å². The minimum absolute atomic E-state index is 0.0820. The van der Waals surface area contributed by atoms with Gasteiger partial charge in [-0.1, -0.05) is 27.7 Å². The largest absolute Gasteiger partial charge is 0.480 e. The second-order valence-electron chi connectivity index (χ2n) is 6.06. The molecule has 1 aliphatic rings. The van der Waals surface area contributed by atoms with Gasteiger partial charge in [-0.25, -0.2) is 4.79 Å². The van der Waals surface area contributed by atoms with Crippen LogP contribution in [0, 0.1) is 16.7 Å². The van der Waals surface area contributed by atoms with Crippen LogP contribution in [0.25, 0.3) is 0 Å². The van der Waals surface area contributed by atoms with E-state index in [1.807, 2.05) is 27.7 Å². The highest BCUT2D eigenvalue weighted by Gasteiger charge is 2.68. The molecule has 1 rings (SSSR count). The lowest BCUT2D eigenvalue weighted by atomic mass is 10.0. The van der Waals surface area contributed by atoms with Crippen LogP contribution in [0.1, 0.15) is 34.1 Å². The van der Waals surface area contributed by atoms with Crippen molar-refractivity contribution in [3.63, 3.8) is 0 Å². The summed E-state index contributed by atoms with van der Waals surface area (Å²) in [6.45, 7) is 8.43. The van der Waals surface area contributed by atoms with E-state index in [0.717, 1.165) is 0 Å². The van der Waals surface area contributed by atoms with Gasteiger partial charge in [-0.15, -0.1) is 0 Å². The van der Waals surface area contributed by atoms with Crippen molar-refractivity contribution < 1.29 is 19.4 Å². The van der Waals surface area contributed by atoms with Crippen molar-refractivity contribution in [3.05, 3.63) is 0 Å². The summed E-state index contributed by atoms with van der Waals surface area (Å²) >= 11 is 0. The smallest absolute Gasteiger partial charge is 0.326 e. The Balaban J connectivity index is 2.61. The second kappa shape index (κ2) is 4.88. The van der Waals surface area contributed by atoms with Gasteiger partial charge in [0.1, 0.15) is 6.04 Å². The number of carboxylic acid groups (broad SMARTS) is 1. The third kappa shape index (κ3) is 2.51. The molecule has 1 amide bonds. The minimum Gasteiger partial charge on any atom is -0.480 e. The van der Waals surface area contributed by atoms with Crippen LogP contribution in [0.5, 0.6) is 0 Å². The number of carboxylic acids is 1. The Kier molecular flexibility index (Phi) is 4.05. The average molecular weight is 257 g/mol. The van der Waals surface area contributed by atoms with Crippen LogP contribution in [-0.2, 0) is 14.3 Å². The lowest BCUT2D eigenvalue weighted by Crippen LogP contribution is -2.43. The maximum atomic E-state index is 12.1. The van der Waals surface area contributed by atoms with Gasteiger partial charge in [-0.05, 0) is 10.8 Å². The van der Waals surface area contributed by atoms with Crippen molar-refractivity contribution in [2.24, 2.45) is 16.7 Å². The molecule has 1 saturated carbocycles. The Morgan fingerprint density at radius 3 is 2.11 bits per heavy atom. The molecular formula is C13H23NO4. The van der Waals surface area contributed by atoms with Crippen LogP contribution in [0.3, 0.4) is 0 Å². The zero-order valence-corrected chi connectivity index (χ0v) is 11.7. The van der Waals surface area contributed by atoms with Crippen molar-refractivity contribution in [2.75, 3.05) is 13.7 Å². The second-order valence-corrected chi connectivity index (χ2v) is 6.06. The first kappa shape index (κ1) is 15.0. The molecule has 0 bridgehead atoms. The zero-order valence-electron chi connectivity index (χ0n) is 11.7. The molecule has 0 heterocycles. The molecule has 0 aromatic rings. The van der Waals surface area contributed by atoms with E-state index in [2.05, 4.69) is 5.32 Å². The quantitative estimate of drug-likeness (QED) is 0.751. The van der Waals surface area contributed by atoms with Gasteiger partial charge in [-0.3, -0.25) is 4.79 Å². The summed E-state index contributed by atoms with van der Waals surface area (Å²) in [5.74, 6) is -1.32. The molecule has 0 radical (unpaired) electrons. The molecule has 1 atom stereocenters. The van der Waals surface area contributed by atoms with Crippen LogP contribution >= 0.6 is 0 Å². The summed E-state index contributed by atoms with van der Waals surface area (Å²) in [6.07, 6.45) is 0.283. The summed E-state index contributed by atoms with van der Waals surface area (Å²) in [6, 6.07) is -0.871. The Morgan fingerprint density at radius 1 is 1.28 bits per heavy atom. The van der Waals surface area contributed by atoms with Crippen LogP contribution in [-0.4, -0.2) is 36.7 Å². The van der Waals surface area contributed by atoms with E-state index < -0.39 is 12.0 Å². The number of nitrogens with one attached hydrogen (secondary N) is 1. The van der Waals surface area contributed by atoms with Gasteiger partial charge in [0.05, 0.1) is 0 Å². The summed E-state index contributed by atoms with van der Waals surface area (Å²) in [5, 5.41) is 11.6. The number of methoxy groups -OCH3 is 1. The fourth-order valence-corrected chi connectivity index (χ4v) is 2.60. The molecule has 5 heteroatoms. The number of amides is 1. The summed E-state index contributed by atoms with van der Waals surface area (Å²) < 4.78 is 4.85. The molecule has 0 aromatic carbocycles. The average Bonchev–Trinajstić information content (AvgIpc) is 2.63.